The van der Waals surface area contributed by atoms with E-state index in [4.69, 9.17) is 0 Å². The Morgan fingerprint density at radius 1 is 1.05 bits per heavy atom. The number of rotatable bonds is 1. The van der Waals surface area contributed by atoms with Crippen LogP contribution in [0.15, 0.2) is 48.5 Å². The quantitative estimate of drug-likeness (QED) is 0.712. The van der Waals surface area contributed by atoms with Crippen molar-refractivity contribution in [1.82, 2.24) is 0 Å². The first-order valence-electron chi connectivity index (χ1n) is 6.50. The Labute approximate surface area is 115 Å². The minimum atomic E-state index is -4.30. The second kappa shape index (κ2) is 4.54. The summed E-state index contributed by atoms with van der Waals surface area (Å²) >= 11 is 0. The van der Waals surface area contributed by atoms with E-state index >= 15 is 0 Å². The second-order valence-corrected chi connectivity index (χ2v) is 5.12. The first-order chi connectivity index (χ1) is 9.47. The van der Waals surface area contributed by atoms with Gasteiger partial charge in [-0.05, 0) is 29.8 Å². The Bertz CT molecular complexity index is 634. The smallest absolute Gasteiger partial charge is 0.341 e. The van der Waals surface area contributed by atoms with Crippen molar-refractivity contribution < 1.29 is 13.2 Å². The lowest BCUT2D eigenvalue weighted by Crippen LogP contribution is -2.15. The van der Waals surface area contributed by atoms with E-state index in [0.29, 0.717) is 18.2 Å². The molecule has 0 N–H and O–H groups in total. The summed E-state index contributed by atoms with van der Waals surface area (Å²) in [6, 6.07) is 13.4. The average molecular weight is 277 g/mol. The van der Waals surface area contributed by atoms with E-state index in [2.05, 4.69) is 6.92 Å². The Morgan fingerprint density at radius 2 is 1.80 bits per heavy atom. The molecule has 1 unspecified atom stereocenters. The number of hydrogen-bond acceptors (Lipinski definition) is 1. The van der Waals surface area contributed by atoms with E-state index in [1.165, 1.54) is 17.7 Å². The number of para-hydroxylation sites is 1. The second-order valence-electron chi connectivity index (χ2n) is 5.12. The van der Waals surface area contributed by atoms with Gasteiger partial charge in [0, 0.05) is 23.8 Å². The molecular weight excluding hydrogens is 263 g/mol. The molecule has 1 heterocycles. The highest BCUT2D eigenvalue weighted by Gasteiger charge is 2.32. The van der Waals surface area contributed by atoms with Crippen molar-refractivity contribution in [2.45, 2.75) is 19.0 Å². The summed E-state index contributed by atoms with van der Waals surface area (Å²) in [7, 11) is 0. The van der Waals surface area contributed by atoms with Gasteiger partial charge in [-0.15, -0.1) is 0 Å². The zero-order chi connectivity index (χ0) is 14.3. The van der Waals surface area contributed by atoms with Gasteiger partial charge in [0.1, 0.15) is 0 Å². The fourth-order valence-electron chi connectivity index (χ4n) is 2.72. The molecule has 1 nitrogen and oxygen atoms in total. The molecule has 104 valence electrons. The van der Waals surface area contributed by atoms with Crippen LogP contribution in [0, 0.1) is 0 Å². The Balaban J connectivity index is 2.03. The molecule has 2 aromatic carbocycles. The molecule has 4 heteroatoms. The number of halogens is 3. The van der Waals surface area contributed by atoms with Crippen LogP contribution in [-0.4, -0.2) is 6.54 Å². The molecule has 0 bridgehead atoms. The highest BCUT2D eigenvalue weighted by Crippen LogP contribution is 2.41. The van der Waals surface area contributed by atoms with Crippen LogP contribution in [0.1, 0.15) is 24.0 Å². The summed E-state index contributed by atoms with van der Waals surface area (Å²) in [6.45, 7) is 2.80. The van der Waals surface area contributed by atoms with Crippen molar-refractivity contribution in [2.75, 3.05) is 11.4 Å². The van der Waals surface area contributed by atoms with Gasteiger partial charge in [-0.25, -0.2) is 0 Å². The monoisotopic (exact) mass is 277 g/mol. The molecule has 0 fully saturated rings. The van der Waals surface area contributed by atoms with E-state index in [1.807, 2.05) is 29.2 Å². The molecule has 1 aliphatic rings. The first-order valence-corrected chi connectivity index (χ1v) is 6.50. The van der Waals surface area contributed by atoms with E-state index in [0.717, 1.165) is 11.8 Å². The van der Waals surface area contributed by atoms with Gasteiger partial charge >= 0.3 is 6.18 Å². The third kappa shape index (κ3) is 2.15. The molecule has 2 aromatic rings. The summed E-state index contributed by atoms with van der Waals surface area (Å²) < 4.78 is 38.4. The van der Waals surface area contributed by atoms with Crippen molar-refractivity contribution >= 4 is 11.4 Å². The lowest BCUT2D eigenvalue weighted by Gasteiger charge is -2.21. The molecule has 3 rings (SSSR count). The Morgan fingerprint density at radius 3 is 2.55 bits per heavy atom. The Kier molecular flexibility index (Phi) is 2.96. The number of hydrogen-bond donors (Lipinski definition) is 0. The highest BCUT2D eigenvalue weighted by molar-refractivity contribution is 5.71. The van der Waals surface area contributed by atoms with E-state index in [-0.39, 0.29) is 0 Å². The van der Waals surface area contributed by atoms with Crippen LogP contribution in [-0.2, 0) is 6.18 Å². The van der Waals surface area contributed by atoms with Crippen LogP contribution in [0.5, 0.6) is 0 Å². The third-order valence-corrected chi connectivity index (χ3v) is 3.70. The summed E-state index contributed by atoms with van der Waals surface area (Å²) in [5.41, 5.74) is 2.17. The fraction of sp³-hybridized carbons (Fsp3) is 0.250. The largest absolute Gasteiger partial charge is 0.416 e. The predicted octanol–water partition coefficient (Wildman–Crippen LogP) is 4.96. The van der Waals surface area contributed by atoms with Crippen molar-refractivity contribution in [3.8, 4) is 0 Å². The van der Waals surface area contributed by atoms with Crippen molar-refractivity contribution in [3.63, 3.8) is 0 Å². The number of anilines is 2. The van der Waals surface area contributed by atoms with E-state index < -0.39 is 11.7 Å². The molecule has 0 aliphatic carbocycles. The van der Waals surface area contributed by atoms with Crippen molar-refractivity contribution in [2.24, 2.45) is 0 Å². The van der Waals surface area contributed by atoms with Gasteiger partial charge in [0.15, 0.2) is 0 Å². The molecule has 20 heavy (non-hydrogen) atoms. The minimum absolute atomic E-state index is 0.320. The molecule has 0 saturated carbocycles. The lowest BCUT2D eigenvalue weighted by atomic mass is 10.0. The van der Waals surface area contributed by atoms with E-state index in [1.54, 1.807) is 6.07 Å². The maximum Gasteiger partial charge on any atom is 0.416 e. The molecule has 0 amide bonds. The van der Waals surface area contributed by atoms with Gasteiger partial charge < -0.3 is 4.90 Å². The van der Waals surface area contributed by atoms with Crippen LogP contribution in [0.3, 0.4) is 0 Å². The standard InChI is InChI=1S/C16H14F3N/c1-11-10-20(15-8-3-2-7-14(11)15)13-6-4-5-12(9-13)16(17,18)19/h2-9,11H,10H2,1H3. The summed E-state index contributed by atoms with van der Waals surface area (Å²) in [5, 5.41) is 0. The van der Waals surface area contributed by atoms with Crippen LogP contribution in [0.4, 0.5) is 24.5 Å². The average Bonchev–Trinajstić information content (AvgIpc) is 2.76. The van der Waals surface area contributed by atoms with Crippen LogP contribution < -0.4 is 4.90 Å². The van der Waals surface area contributed by atoms with Gasteiger partial charge in [-0.2, -0.15) is 13.2 Å². The summed E-state index contributed by atoms with van der Waals surface area (Å²) in [4.78, 5) is 1.95. The minimum Gasteiger partial charge on any atom is -0.341 e. The summed E-state index contributed by atoms with van der Waals surface area (Å²) in [5.74, 6) is 0.320. The molecule has 1 atom stereocenters. The molecule has 0 aromatic heterocycles. The maximum atomic E-state index is 12.8. The molecule has 0 radical (unpaired) electrons. The molecule has 0 saturated heterocycles. The SMILES string of the molecule is CC1CN(c2cccc(C(F)(F)F)c2)c2ccccc21. The van der Waals surface area contributed by atoms with Gasteiger partial charge in [-0.1, -0.05) is 31.2 Å². The van der Waals surface area contributed by atoms with Gasteiger partial charge in [0.25, 0.3) is 0 Å². The Hall–Kier alpha value is -1.97. The number of alkyl halides is 3. The van der Waals surface area contributed by atoms with E-state index in [9.17, 15) is 13.2 Å². The lowest BCUT2D eigenvalue weighted by molar-refractivity contribution is -0.137. The molecule has 1 aliphatic heterocycles. The first kappa shape index (κ1) is 13.0. The zero-order valence-electron chi connectivity index (χ0n) is 11.0. The van der Waals surface area contributed by atoms with Gasteiger partial charge in [-0.3, -0.25) is 0 Å². The number of fused-ring (bicyclic) bond motifs is 1. The van der Waals surface area contributed by atoms with Crippen molar-refractivity contribution in [1.29, 1.82) is 0 Å². The zero-order valence-corrected chi connectivity index (χ0v) is 11.0. The van der Waals surface area contributed by atoms with Gasteiger partial charge in [0.05, 0.1) is 5.56 Å². The van der Waals surface area contributed by atoms with Crippen LogP contribution in [0.2, 0.25) is 0 Å². The number of nitrogens with zero attached hydrogens (tertiary/aromatic N) is 1. The maximum absolute atomic E-state index is 12.8. The predicted molar refractivity (Wildman–Crippen MR) is 73.3 cm³/mol. The molecule has 0 spiro atoms. The van der Waals surface area contributed by atoms with Crippen LogP contribution >= 0.6 is 0 Å². The van der Waals surface area contributed by atoms with Gasteiger partial charge in [0.2, 0.25) is 0 Å². The topological polar surface area (TPSA) is 3.24 Å². The van der Waals surface area contributed by atoms with Crippen molar-refractivity contribution in [3.05, 3.63) is 59.7 Å². The number of benzene rings is 2. The molecular formula is C16H14F3N. The third-order valence-electron chi connectivity index (χ3n) is 3.70. The summed E-state index contributed by atoms with van der Waals surface area (Å²) in [6.07, 6.45) is -4.30. The normalized spacial score (nSPS) is 18.2. The highest BCUT2D eigenvalue weighted by atomic mass is 19.4. The fourth-order valence-corrected chi connectivity index (χ4v) is 2.72. The van der Waals surface area contributed by atoms with Crippen LogP contribution in [0.25, 0.3) is 0 Å².